The van der Waals surface area contributed by atoms with E-state index in [2.05, 4.69) is 68.2 Å². The number of carbonyl (C=O) groups is 9. The first-order chi connectivity index (χ1) is 47.6. The summed E-state index contributed by atoms with van der Waals surface area (Å²) in [6.45, 7) is 50.7. The van der Waals surface area contributed by atoms with Crippen LogP contribution in [-0.2, 0) is 61.0 Å². The van der Waals surface area contributed by atoms with E-state index in [4.69, 9.17) is 5.73 Å². The number of carbonyl (C=O) groups excluding carboxylic acids is 8. The molecule has 3 aromatic rings. The molecule has 1 fully saturated rings. The number of Topliss-reactive ketones (excluding diaryl/α,β-unsaturated/α-hetero) is 2. The lowest BCUT2D eigenvalue weighted by molar-refractivity contribution is -0.142. The molecule has 0 spiro atoms. The zero-order valence-corrected chi connectivity index (χ0v) is 69.7. The van der Waals surface area contributed by atoms with Crippen molar-refractivity contribution in [3.63, 3.8) is 0 Å². The molecule has 1 aliphatic heterocycles. The van der Waals surface area contributed by atoms with Gasteiger partial charge in [0, 0.05) is 73.4 Å². The van der Waals surface area contributed by atoms with E-state index in [0.717, 1.165) is 47.8 Å². The second-order valence-corrected chi connectivity index (χ2v) is 34.5. The van der Waals surface area contributed by atoms with Crippen LogP contribution >= 0.6 is 0 Å². The van der Waals surface area contributed by atoms with Gasteiger partial charge in [-0.1, -0.05) is 187 Å². The van der Waals surface area contributed by atoms with Gasteiger partial charge in [0.1, 0.15) is 18.1 Å². The fourth-order valence-corrected chi connectivity index (χ4v) is 13.6. The summed E-state index contributed by atoms with van der Waals surface area (Å²) in [6, 6.07) is 11.3. The lowest BCUT2D eigenvalue weighted by Gasteiger charge is -2.41. The Morgan fingerprint density at radius 2 is 0.913 bits per heavy atom. The molecule has 21 nitrogen and oxygen atoms in total. The van der Waals surface area contributed by atoms with Crippen LogP contribution in [0.15, 0.2) is 89.7 Å². The number of aromatic nitrogens is 1. The Morgan fingerprint density at radius 3 is 1.27 bits per heavy atom. The summed E-state index contributed by atoms with van der Waals surface area (Å²) in [5, 5.41) is 26.0. The number of carboxylic acids is 1. The minimum Gasteiger partial charge on any atom is -0.478 e. The molecule has 0 radical (unpaired) electrons. The van der Waals surface area contributed by atoms with Gasteiger partial charge in [-0.2, -0.15) is 0 Å². The maximum Gasteiger partial charge on any atom is 0.331 e. The Balaban J connectivity index is 0.000000533. The normalized spacial score (nSPS) is 16.9. The highest BCUT2D eigenvalue weighted by atomic mass is 16.4. The molecule has 2 heterocycles. The maximum atomic E-state index is 13.9. The number of para-hydroxylation sites is 1. The zero-order valence-electron chi connectivity index (χ0n) is 69.7. The number of ketones is 2. The average molecular weight is 1450 g/mol. The largest absolute Gasteiger partial charge is 0.478 e. The van der Waals surface area contributed by atoms with Crippen LogP contribution in [0.2, 0.25) is 0 Å². The van der Waals surface area contributed by atoms with Crippen LogP contribution in [0.25, 0.3) is 10.9 Å². The number of aryl methyl sites for hydroxylation is 1. The monoisotopic (exact) mass is 1450 g/mol. The first-order valence-corrected chi connectivity index (χ1v) is 37.1. The molecule has 1 saturated heterocycles. The summed E-state index contributed by atoms with van der Waals surface area (Å²) in [6.07, 6.45) is 10.3. The SMILES string of the molecule is CC(=O)/C(C)=C/[C@H](C(C)C)N(C)C(=O)[C@@H](NC(=O)[C@H]1CCCCN1C(C)C)C(C)(C)C.CNC(C(=O)N[C@H](C(=O)N(C)[C@H](/C=C(\C)C(=O)O)C(C)C)C(C)(C)C)C(C)(C)c1cn(C)c2ccccc12.CNC(C(=O)N[C@H](C(=O)N(C)[C@H](/C=C(\C)C(C)=O)C(C)C)C(C)(C)C)C(C)(C)c1cccc(N)c1. The number of hydrogen-bond donors (Lipinski definition) is 7. The summed E-state index contributed by atoms with van der Waals surface area (Å²) in [5.41, 5.74) is 8.33. The smallest absolute Gasteiger partial charge is 0.331 e. The molecular formula is C83H137N11O10. The van der Waals surface area contributed by atoms with Crippen molar-refractivity contribution in [2.75, 3.05) is 47.5 Å². The number of nitrogens with one attached hydrogen (secondary N) is 5. The molecule has 584 valence electrons. The number of fused-ring (bicyclic) bond motifs is 1. The number of anilines is 1. The van der Waals surface area contributed by atoms with E-state index in [0.29, 0.717) is 16.8 Å². The minimum absolute atomic E-state index is 0.00162. The van der Waals surface area contributed by atoms with Crippen molar-refractivity contribution in [2.45, 2.75) is 271 Å². The molecule has 104 heavy (non-hydrogen) atoms. The van der Waals surface area contributed by atoms with Crippen molar-refractivity contribution < 1.29 is 48.3 Å². The van der Waals surface area contributed by atoms with Crippen LogP contribution in [-0.4, -0.2) is 184 Å². The number of nitrogens with zero attached hydrogens (tertiary/aromatic N) is 5. The predicted octanol–water partition coefficient (Wildman–Crippen LogP) is 11.6. The Hall–Kier alpha value is -7.49. The number of likely N-dealkylation sites (tertiary alicyclic amines) is 1. The fraction of sp³-hybridized carbons (Fsp3) is 0.651. The van der Waals surface area contributed by atoms with Gasteiger partial charge in [-0.3, -0.25) is 43.3 Å². The molecule has 0 aliphatic carbocycles. The van der Waals surface area contributed by atoms with E-state index in [1.165, 1.54) is 20.8 Å². The van der Waals surface area contributed by atoms with Gasteiger partial charge in [0.15, 0.2) is 11.6 Å². The van der Waals surface area contributed by atoms with E-state index in [9.17, 15) is 48.3 Å². The molecule has 21 heteroatoms. The summed E-state index contributed by atoms with van der Waals surface area (Å²) in [7, 11) is 10.6. The van der Waals surface area contributed by atoms with Crippen molar-refractivity contribution in [3.05, 3.63) is 101 Å². The van der Waals surface area contributed by atoms with Crippen molar-refractivity contribution in [1.29, 1.82) is 0 Å². The van der Waals surface area contributed by atoms with Gasteiger partial charge in [0.2, 0.25) is 35.4 Å². The summed E-state index contributed by atoms with van der Waals surface area (Å²) in [5.74, 6) is -2.05. The van der Waals surface area contributed by atoms with Gasteiger partial charge in [0.05, 0.1) is 36.3 Å². The zero-order chi connectivity index (χ0) is 80.6. The van der Waals surface area contributed by atoms with Gasteiger partial charge in [0.25, 0.3) is 0 Å². The van der Waals surface area contributed by atoms with E-state index >= 15 is 0 Å². The van der Waals surface area contributed by atoms with Crippen molar-refractivity contribution in [3.8, 4) is 0 Å². The number of amides is 6. The van der Waals surface area contributed by atoms with Crippen LogP contribution in [0.4, 0.5) is 5.69 Å². The standard InChI is InChI=1S/C30H46N4O4.C28H46N4O3.C25H45N3O3/c1-18(2)23(16-19(3)28(37)38)34(11)27(36)25(29(4,5)6)32-26(35)24(31-9)30(7,8)21-17-33(10)22-15-13-12-14-20(21)22;1-17(2)22(15-18(3)19(4)33)32(11)26(35)24(27(5,6)7)31-25(34)23(30-10)28(8,9)20-13-12-14-21(29)16-20;1-16(2)21(15-18(5)19(6)29)27(10)24(31)22(25(7,8)9)26-23(30)20-13-11-12-14-28(20)17(3)4/h12-18,23-25,31H,1-11H3,(H,32,35)(H,37,38);12-17,22-24,30H,29H2,1-11H3,(H,31,34);15-17,20-22H,11-14H2,1-10H3,(H,26,30)/b19-16+;2*18-15+/t23-,24?,25-;22-,23?,24-;20-,21-,22-/m111/s1. The first-order valence-electron chi connectivity index (χ1n) is 37.1. The molecule has 2 unspecified atom stereocenters. The van der Waals surface area contributed by atoms with Crippen molar-refractivity contribution >= 4 is 69.6 Å². The topological polar surface area (TPSA) is 278 Å². The van der Waals surface area contributed by atoms with Gasteiger partial charge in [-0.25, -0.2) is 4.79 Å². The van der Waals surface area contributed by atoms with E-state index in [1.54, 1.807) is 69.9 Å². The van der Waals surface area contributed by atoms with Crippen molar-refractivity contribution in [1.82, 2.24) is 50.8 Å². The molecule has 0 bridgehead atoms. The average Bonchev–Trinajstić information content (AvgIpc) is 1.64. The molecule has 4 rings (SSSR count). The van der Waals surface area contributed by atoms with E-state index in [-0.39, 0.29) is 94.5 Å². The second-order valence-electron chi connectivity index (χ2n) is 34.5. The first kappa shape index (κ1) is 92.6. The number of aliphatic carboxylic acids is 1. The molecule has 2 aromatic carbocycles. The van der Waals surface area contributed by atoms with E-state index < -0.39 is 69.3 Å². The third-order valence-corrected chi connectivity index (χ3v) is 20.6. The number of allylic oxidation sites excluding steroid dienone is 2. The Bertz CT molecular complexity index is 3540. The number of nitrogens with two attached hydrogens (primary N) is 1. The van der Waals surface area contributed by atoms with Gasteiger partial charge < -0.3 is 56.7 Å². The van der Waals surface area contributed by atoms with Crippen LogP contribution in [0, 0.1) is 34.0 Å². The number of hydrogen-bond acceptors (Lipinski definition) is 13. The predicted molar refractivity (Wildman–Crippen MR) is 424 cm³/mol. The lowest BCUT2D eigenvalue weighted by atomic mass is 9.76. The second kappa shape index (κ2) is 38.7. The Labute approximate surface area is 625 Å². The van der Waals surface area contributed by atoms with Crippen LogP contribution in [0.5, 0.6) is 0 Å². The highest BCUT2D eigenvalue weighted by Crippen LogP contribution is 2.36. The number of nitrogen functional groups attached to an aromatic ring is 1. The fourth-order valence-electron chi connectivity index (χ4n) is 13.6. The van der Waals surface area contributed by atoms with Gasteiger partial charge in [-0.15, -0.1) is 0 Å². The summed E-state index contributed by atoms with van der Waals surface area (Å²) < 4.78 is 2.06. The van der Waals surface area contributed by atoms with Crippen LogP contribution in [0.3, 0.4) is 0 Å². The number of carboxylic acid groups (broad SMARTS) is 1. The molecule has 1 aromatic heterocycles. The molecule has 0 saturated carbocycles. The maximum absolute atomic E-state index is 13.9. The molecule has 9 atom stereocenters. The third kappa shape index (κ3) is 24.8. The third-order valence-electron chi connectivity index (χ3n) is 20.6. The lowest BCUT2D eigenvalue weighted by Crippen LogP contribution is -2.61. The van der Waals surface area contributed by atoms with Crippen LogP contribution in [0.1, 0.15) is 210 Å². The number of likely N-dealkylation sites (N-methyl/N-ethyl adjacent to an activating group) is 5. The van der Waals surface area contributed by atoms with Gasteiger partial charge >= 0.3 is 5.97 Å². The minimum atomic E-state index is -1.02. The molecule has 6 amide bonds. The van der Waals surface area contributed by atoms with E-state index in [1.807, 2.05) is 187 Å². The number of benzene rings is 2. The van der Waals surface area contributed by atoms with Crippen LogP contribution < -0.4 is 32.3 Å². The summed E-state index contributed by atoms with van der Waals surface area (Å²) >= 11 is 0. The highest BCUT2D eigenvalue weighted by Gasteiger charge is 2.46. The molecule has 8 N–H and O–H groups in total. The molecule has 1 aliphatic rings. The Morgan fingerprint density at radius 1 is 0.529 bits per heavy atom. The highest BCUT2D eigenvalue weighted by molar-refractivity contribution is 5.96. The number of piperidine rings is 1. The Kier molecular flexibility index (Phi) is 34.4. The number of rotatable bonds is 28. The quantitative estimate of drug-likeness (QED) is 0.0263. The van der Waals surface area contributed by atoms with Gasteiger partial charge in [-0.05, 0) is 156 Å². The molecular weight excluding hydrogens is 1310 g/mol. The summed E-state index contributed by atoms with van der Waals surface area (Å²) in [4.78, 5) is 124. The van der Waals surface area contributed by atoms with Crippen molar-refractivity contribution in [2.24, 2.45) is 41.0 Å².